The van der Waals surface area contributed by atoms with Gasteiger partial charge in [0.05, 0.1) is 72.1 Å². The summed E-state index contributed by atoms with van der Waals surface area (Å²) in [5.74, 6) is 0. The topological polar surface area (TPSA) is 362 Å². The van der Waals surface area contributed by atoms with Gasteiger partial charge in [0.1, 0.15) is 0 Å². The van der Waals surface area contributed by atoms with E-state index in [9.17, 15) is 71.8 Å². The maximum absolute atomic E-state index is 10.0. The molecule has 0 radical (unpaired) electrons. The molecule has 27 heteroatoms. The van der Waals surface area contributed by atoms with Gasteiger partial charge in [-0.2, -0.15) is 0 Å². The zero-order valence-electron chi connectivity index (χ0n) is 41.0. The van der Waals surface area contributed by atoms with Gasteiger partial charge in [-0.25, -0.2) is 0 Å². The Morgan fingerprint density at radius 3 is 0.433 bits per heavy atom. The first kappa shape index (κ1) is 82.7. The van der Waals surface area contributed by atoms with Crippen LogP contribution in [0.4, 0.5) is 0 Å². The number of hydrogen-bond acceptors (Lipinski definition) is 20. The number of hydrogen-bond donors (Lipinski definition) is 0. The van der Waals surface area contributed by atoms with Gasteiger partial charge in [0.25, 0.3) is 0 Å². The summed E-state index contributed by atoms with van der Waals surface area (Å²) in [6, 6.07) is 0. The molecule has 67 heavy (non-hydrogen) atoms. The second kappa shape index (κ2) is 58.6. The molecule has 0 bridgehead atoms. The molecule has 0 N–H and O–H groups in total. The van der Waals surface area contributed by atoms with Crippen LogP contribution in [0.3, 0.4) is 0 Å². The maximum atomic E-state index is 10.0. The van der Waals surface area contributed by atoms with Crippen LogP contribution in [-0.2, 0) is 82.6 Å². The SMILES string of the molecule is CCCCCCCCOP(=O)([O-])[O-].CCCCCCCCOP(=O)([O-])[O-].CCCCCCCCOP(=O)([O-])[O-].CCCCCCCCOP(=O)([O-])[O-].CCCCCCCCOP(=O)([O-])[O-].[V+5].[V+5]. The fourth-order valence-electron chi connectivity index (χ4n) is 5.29. The van der Waals surface area contributed by atoms with Crippen molar-refractivity contribution in [3.63, 3.8) is 0 Å². The molecular weight excluding hydrogens is 1060 g/mol. The average molecular weight is 1140 g/mol. The molecule has 0 aliphatic heterocycles. The van der Waals surface area contributed by atoms with E-state index in [1.165, 1.54) is 96.3 Å². The van der Waals surface area contributed by atoms with E-state index in [1.807, 2.05) is 0 Å². The van der Waals surface area contributed by atoms with E-state index < -0.39 is 39.1 Å². The molecule has 0 saturated carbocycles. The summed E-state index contributed by atoms with van der Waals surface area (Å²) in [5, 5.41) is 0. The van der Waals surface area contributed by atoms with Crippen LogP contribution in [0.1, 0.15) is 227 Å². The summed E-state index contributed by atoms with van der Waals surface area (Å²) in [5.41, 5.74) is 0. The van der Waals surface area contributed by atoms with Crippen LogP contribution in [0.25, 0.3) is 0 Å². The van der Waals surface area contributed by atoms with Gasteiger partial charge in [0.2, 0.25) is 0 Å². The second-order valence-electron chi connectivity index (χ2n) is 15.2. The molecule has 0 amide bonds. The number of phosphoric ester groups is 5. The van der Waals surface area contributed by atoms with Crippen molar-refractivity contribution in [3.05, 3.63) is 0 Å². The van der Waals surface area contributed by atoms with E-state index in [2.05, 4.69) is 57.2 Å². The molecule has 20 nitrogen and oxygen atoms in total. The first-order valence-corrected chi connectivity index (χ1v) is 30.9. The first-order valence-electron chi connectivity index (χ1n) is 23.6. The Balaban J connectivity index is -0.000000133. The molecule has 0 aliphatic rings. The fraction of sp³-hybridized carbons (Fsp3) is 1.00. The van der Waals surface area contributed by atoms with Gasteiger partial charge in [0, 0.05) is 0 Å². The van der Waals surface area contributed by atoms with Gasteiger partial charge >= 0.3 is 37.1 Å². The Morgan fingerprint density at radius 1 is 0.224 bits per heavy atom. The van der Waals surface area contributed by atoms with Crippen LogP contribution < -0.4 is 48.9 Å². The van der Waals surface area contributed by atoms with Crippen molar-refractivity contribution in [2.24, 2.45) is 0 Å². The minimum atomic E-state index is -4.73. The quantitative estimate of drug-likeness (QED) is 0.0504. The molecule has 0 aliphatic carbocycles. The van der Waals surface area contributed by atoms with Gasteiger partial charge in [0.15, 0.2) is 0 Å². The molecular formula is C40H85O20P5V2. The molecule has 0 spiro atoms. The largest absolute Gasteiger partial charge is 5.00 e. The van der Waals surface area contributed by atoms with Crippen molar-refractivity contribution in [3.8, 4) is 0 Å². The number of phosphoric acid groups is 5. The molecule has 400 valence electrons. The zero-order chi connectivity index (χ0) is 50.8. The normalized spacial score (nSPS) is 11.6. The van der Waals surface area contributed by atoms with E-state index in [0.29, 0.717) is 32.1 Å². The Hall–Kier alpha value is 1.72. The molecule has 0 atom stereocenters. The summed E-state index contributed by atoms with van der Waals surface area (Å²) >= 11 is 0. The van der Waals surface area contributed by atoms with Crippen LogP contribution in [-0.4, -0.2) is 33.0 Å². The molecule has 0 aromatic carbocycles. The smallest absolute Gasteiger partial charge is 0.790 e. The molecule has 0 heterocycles. The minimum Gasteiger partial charge on any atom is -0.790 e. The van der Waals surface area contributed by atoms with Crippen molar-refractivity contribution < 1.29 is 131 Å². The zero-order valence-corrected chi connectivity index (χ0v) is 48.3. The van der Waals surface area contributed by atoms with E-state index in [4.69, 9.17) is 0 Å². The first-order chi connectivity index (χ1) is 30.3. The van der Waals surface area contributed by atoms with Crippen LogP contribution >= 0.6 is 39.1 Å². The van der Waals surface area contributed by atoms with Crippen LogP contribution in [0, 0.1) is 0 Å². The standard InChI is InChI=1S/5C8H19O4P.2V/c5*1-2-3-4-5-6-7-8-12-13(9,10)11;;/h5*2-8H2,1H3,(H2,9,10,11);;/q;;;;;2*+5/p-10. The Bertz CT molecular complexity index is 993. The van der Waals surface area contributed by atoms with Gasteiger partial charge in [-0.05, 0) is 32.1 Å². The van der Waals surface area contributed by atoms with E-state index in [1.54, 1.807) is 0 Å². The molecule has 0 unspecified atom stereocenters. The van der Waals surface area contributed by atoms with E-state index in [-0.39, 0.29) is 70.1 Å². The minimum absolute atomic E-state index is 0. The Labute approximate surface area is 428 Å². The van der Waals surface area contributed by atoms with Crippen molar-refractivity contribution in [1.29, 1.82) is 0 Å². The van der Waals surface area contributed by atoms with E-state index >= 15 is 0 Å². The van der Waals surface area contributed by atoms with Crippen molar-refractivity contribution in [2.75, 3.05) is 33.0 Å². The summed E-state index contributed by atoms with van der Waals surface area (Å²) in [4.78, 5) is 100. The fourth-order valence-corrected chi connectivity index (χ4v) is 7.06. The second-order valence-corrected chi connectivity index (χ2v) is 21.0. The third-order valence-electron chi connectivity index (χ3n) is 8.74. The van der Waals surface area contributed by atoms with Crippen molar-refractivity contribution in [2.45, 2.75) is 227 Å². The monoisotopic (exact) mass is 1140 g/mol. The molecule has 0 rings (SSSR count). The Kier molecular flexibility index (Phi) is 72.4. The average Bonchev–Trinajstić information content (AvgIpc) is 3.18. The van der Waals surface area contributed by atoms with Crippen LogP contribution in [0.2, 0.25) is 0 Å². The van der Waals surface area contributed by atoms with Gasteiger partial charge in [-0.3, -0.25) is 0 Å². The van der Waals surface area contributed by atoms with Gasteiger partial charge < -0.3 is 94.4 Å². The number of rotatable bonds is 40. The molecule has 0 aromatic rings. The number of unbranched alkanes of at least 4 members (excludes halogenated alkanes) is 25. The van der Waals surface area contributed by atoms with Gasteiger partial charge in [-0.15, -0.1) is 0 Å². The van der Waals surface area contributed by atoms with Crippen molar-refractivity contribution >= 4 is 39.1 Å². The third-order valence-corrected chi connectivity index (χ3v) is 11.2. The van der Waals surface area contributed by atoms with E-state index in [0.717, 1.165) is 64.2 Å². The van der Waals surface area contributed by atoms with Crippen molar-refractivity contribution in [1.82, 2.24) is 0 Å². The maximum Gasteiger partial charge on any atom is 5.00 e. The van der Waals surface area contributed by atoms with Gasteiger partial charge in [-0.1, -0.05) is 195 Å². The molecule has 0 saturated heterocycles. The Morgan fingerprint density at radius 2 is 0.328 bits per heavy atom. The van der Waals surface area contributed by atoms with Crippen LogP contribution in [0.15, 0.2) is 0 Å². The van der Waals surface area contributed by atoms with Crippen LogP contribution in [0.5, 0.6) is 0 Å². The summed E-state index contributed by atoms with van der Waals surface area (Å²) in [6.07, 6.45) is 31.2. The molecule has 0 fully saturated rings. The summed E-state index contributed by atoms with van der Waals surface area (Å²) in [6.45, 7) is 10.9. The summed E-state index contributed by atoms with van der Waals surface area (Å²) in [7, 11) is -23.6. The third kappa shape index (κ3) is 109. The molecule has 0 aromatic heterocycles. The summed E-state index contributed by atoms with van der Waals surface area (Å²) < 4.78 is 70.5. The predicted octanol–water partition coefficient (Wildman–Crippen LogP) is 5.96. The predicted molar refractivity (Wildman–Crippen MR) is 235 cm³/mol.